The van der Waals surface area contributed by atoms with E-state index in [2.05, 4.69) is 4.90 Å². The fraction of sp³-hybridized carbons (Fsp3) is 0.571. The topological polar surface area (TPSA) is 38.5 Å². The lowest BCUT2D eigenvalue weighted by Gasteiger charge is -2.24. The van der Waals surface area contributed by atoms with Gasteiger partial charge in [-0.3, -0.25) is 0 Å². The number of hydrogen-bond acceptors (Lipinski definition) is 3. The van der Waals surface area contributed by atoms with E-state index in [1.807, 2.05) is 20.9 Å². The van der Waals surface area contributed by atoms with Crippen molar-refractivity contribution in [2.24, 2.45) is 5.73 Å². The standard InChI is InChI=1S/C14H23FN2O/c1-14(2,16)7-8-17(3)10-11-9-12(15)5-6-13(11)18-4/h5-6,9H,7-8,10,16H2,1-4H3. The number of methoxy groups -OCH3 is 1. The van der Waals surface area contributed by atoms with Crippen molar-refractivity contribution >= 4 is 0 Å². The third-order valence-electron chi connectivity index (χ3n) is 2.82. The molecular formula is C14H23FN2O. The van der Waals surface area contributed by atoms with Crippen LogP contribution in [0.5, 0.6) is 5.75 Å². The number of ether oxygens (including phenoxy) is 1. The van der Waals surface area contributed by atoms with Gasteiger partial charge in [0.15, 0.2) is 0 Å². The minimum Gasteiger partial charge on any atom is -0.496 e. The molecule has 3 nitrogen and oxygen atoms in total. The van der Waals surface area contributed by atoms with Gasteiger partial charge in [0.25, 0.3) is 0 Å². The van der Waals surface area contributed by atoms with E-state index in [0.29, 0.717) is 6.54 Å². The summed E-state index contributed by atoms with van der Waals surface area (Å²) in [6.45, 7) is 5.52. The summed E-state index contributed by atoms with van der Waals surface area (Å²) in [5.74, 6) is 0.480. The highest BCUT2D eigenvalue weighted by Crippen LogP contribution is 2.21. The van der Waals surface area contributed by atoms with Crippen molar-refractivity contribution in [1.82, 2.24) is 4.90 Å². The molecule has 0 aromatic heterocycles. The lowest BCUT2D eigenvalue weighted by atomic mass is 10.0. The Kier molecular flexibility index (Phi) is 5.11. The van der Waals surface area contributed by atoms with Crippen LogP contribution in [0.2, 0.25) is 0 Å². The molecule has 4 heteroatoms. The Hall–Kier alpha value is -1.13. The van der Waals surface area contributed by atoms with Crippen molar-refractivity contribution in [1.29, 1.82) is 0 Å². The second kappa shape index (κ2) is 6.16. The van der Waals surface area contributed by atoms with E-state index in [1.54, 1.807) is 13.2 Å². The van der Waals surface area contributed by atoms with Crippen molar-refractivity contribution in [2.45, 2.75) is 32.4 Å². The number of halogens is 1. The van der Waals surface area contributed by atoms with Crippen molar-refractivity contribution in [2.75, 3.05) is 20.7 Å². The van der Waals surface area contributed by atoms with Crippen molar-refractivity contribution in [3.63, 3.8) is 0 Å². The Balaban J connectivity index is 2.63. The summed E-state index contributed by atoms with van der Waals surface area (Å²) < 4.78 is 18.4. The molecule has 0 heterocycles. The summed E-state index contributed by atoms with van der Waals surface area (Å²) in [5.41, 5.74) is 6.62. The number of hydrogen-bond donors (Lipinski definition) is 1. The first-order valence-corrected chi connectivity index (χ1v) is 6.11. The predicted molar refractivity (Wildman–Crippen MR) is 72.2 cm³/mol. The first-order valence-electron chi connectivity index (χ1n) is 6.11. The molecule has 1 rings (SSSR count). The van der Waals surface area contributed by atoms with Crippen LogP contribution in [0.1, 0.15) is 25.8 Å². The van der Waals surface area contributed by atoms with Crippen LogP contribution in [0.4, 0.5) is 4.39 Å². The van der Waals surface area contributed by atoms with E-state index in [-0.39, 0.29) is 11.4 Å². The molecule has 0 spiro atoms. The first kappa shape index (κ1) is 14.9. The predicted octanol–water partition coefficient (Wildman–Crippen LogP) is 2.39. The SMILES string of the molecule is COc1ccc(F)cc1CN(C)CCC(C)(C)N. The van der Waals surface area contributed by atoms with Gasteiger partial charge in [0.1, 0.15) is 11.6 Å². The van der Waals surface area contributed by atoms with Crippen LogP contribution in [0, 0.1) is 5.82 Å². The zero-order chi connectivity index (χ0) is 13.8. The zero-order valence-corrected chi connectivity index (χ0v) is 11.7. The highest BCUT2D eigenvalue weighted by Gasteiger charge is 2.13. The molecule has 102 valence electrons. The number of nitrogens with two attached hydrogens (primary N) is 1. The van der Waals surface area contributed by atoms with E-state index in [0.717, 1.165) is 24.3 Å². The van der Waals surface area contributed by atoms with Crippen LogP contribution in [0.3, 0.4) is 0 Å². The Bertz CT molecular complexity index is 388. The normalized spacial score (nSPS) is 11.9. The summed E-state index contributed by atoms with van der Waals surface area (Å²) in [5, 5.41) is 0. The fourth-order valence-electron chi connectivity index (χ4n) is 1.72. The quantitative estimate of drug-likeness (QED) is 0.847. The van der Waals surface area contributed by atoms with Gasteiger partial charge in [0, 0.05) is 17.6 Å². The van der Waals surface area contributed by atoms with Gasteiger partial charge in [0.05, 0.1) is 7.11 Å². The molecule has 0 radical (unpaired) electrons. The zero-order valence-electron chi connectivity index (χ0n) is 11.7. The van der Waals surface area contributed by atoms with Crippen LogP contribution < -0.4 is 10.5 Å². The molecule has 0 amide bonds. The third-order valence-corrected chi connectivity index (χ3v) is 2.82. The van der Waals surface area contributed by atoms with Gasteiger partial charge in [-0.2, -0.15) is 0 Å². The van der Waals surface area contributed by atoms with Gasteiger partial charge in [-0.15, -0.1) is 0 Å². The lowest BCUT2D eigenvalue weighted by Crippen LogP contribution is -2.36. The minimum atomic E-state index is -0.238. The largest absolute Gasteiger partial charge is 0.496 e. The Labute approximate surface area is 109 Å². The average Bonchev–Trinajstić information content (AvgIpc) is 2.26. The summed E-state index contributed by atoms with van der Waals surface area (Å²) >= 11 is 0. The molecule has 0 fully saturated rings. The van der Waals surface area contributed by atoms with Crippen molar-refractivity contribution in [3.05, 3.63) is 29.6 Å². The molecule has 1 aromatic carbocycles. The second-order valence-corrected chi connectivity index (χ2v) is 5.43. The Morgan fingerprint density at radius 2 is 2.06 bits per heavy atom. The molecular weight excluding hydrogens is 231 g/mol. The van der Waals surface area contributed by atoms with Gasteiger partial charge >= 0.3 is 0 Å². The Morgan fingerprint density at radius 1 is 1.39 bits per heavy atom. The van der Waals surface area contributed by atoms with Crippen molar-refractivity contribution in [3.8, 4) is 5.75 Å². The lowest BCUT2D eigenvalue weighted by molar-refractivity contribution is 0.283. The minimum absolute atomic E-state index is 0.180. The molecule has 0 saturated carbocycles. The van der Waals surface area contributed by atoms with Crippen LogP contribution in [0.25, 0.3) is 0 Å². The first-order chi connectivity index (χ1) is 8.31. The van der Waals surface area contributed by atoms with Gasteiger partial charge in [-0.1, -0.05) is 0 Å². The van der Waals surface area contributed by atoms with E-state index in [1.165, 1.54) is 12.1 Å². The Morgan fingerprint density at radius 3 is 2.61 bits per heavy atom. The highest BCUT2D eigenvalue weighted by molar-refractivity contribution is 5.33. The summed E-state index contributed by atoms with van der Waals surface area (Å²) in [7, 11) is 3.59. The van der Waals surface area contributed by atoms with E-state index < -0.39 is 0 Å². The molecule has 0 bridgehead atoms. The number of benzene rings is 1. The van der Waals surface area contributed by atoms with Gasteiger partial charge in [0.2, 0.25) is 0 Å². The van der Waals surface area contributed by atoms with Gasteiger partial charge in [-0.05, 0) is 52.1 Å². The van der Waals surface area contributed by atoms with E-state index >= 15 is 0 Å². The molecule has 18 heavy (non-hydrogen) atoms. The smallest absolute Gasteiger partial charge is 0.123 e. The molecule has 0 aliphatic rings. The van der Waals surface area contributed by atoms with Gasteiger partial charge in [-0.25, -0.2) is 4.39 Å². The van der Waals surface area contributed by atoms with Crippen LogP contribution in [-0.4, -0.2) is 31.1 Å². The molecule has 0 aliphatic heterocycles. The molecule has 0 atom stereocenters. The monoisotopic (exact) mass is 254 g/mol. The summed E-state index contributed by atoms with van der Waals surface area (Å²) in [6, 6.07) is 4.58. The molecule has 0 unspecified atom stereocenters. The summed E-state index contributed by atoms with van der Waals surface area (Å²) in [6.07, 6.45) is 0.890. The number of nitrogens with zero attached hydrogens (tertiary/aromatic N) is 1. The molecule has 2 N–H and O–H groups in total. The maximum atomic E-state index is 13.2. The fourth-order valence-corrected chi connectivity index (χ4v) is 1.72. The number of rotatable bonds is 6. The average molecular weight is 254 g/mol. The van der Waals surface area contributed by atoms with Crippen LogP contribution in [-0.2, 0) is 6.54 Å². The van der Waals surface area contributed by atoms with Crippen molar-refractivity contribution < 1.29 is 9.13 Å². The van der Waals surface area contributed by atoms with E-state index in [9.17, 15) is 4.39 Å². The molecule has 0 saturated heterocycles. The molecule has 1 aromatic rings. The van der Waals surface area contributed by atoms with Crippen LogP contribution >= 0.6 is 0 Å². The van der Waals surface area contributed by atoms with Crippen LogP contribution in [0.15, 0.2) is 18.2 Å². The van der Waals surface area contributed by atoms with Gasteiger partial charge < -0.3 is 15.4 Å². The maximum Gasteiger partial charge on any atom is 0.123 e. The van der Waals surface area contributed by atoms with E-state index in [4.69, 9.17) is 10.5 Å². The third kappa shape index (κ3) is 5.02. The summed E-state index contributed by atoms with van der Waals surface area (Å²) in [4.78, 5) is 2.12. The second-order valence-electron chi connectivity index (χ2n) is 5.43. The highest BCUT2D eigenvalue weighted by atomic mass is 19.1. The maximum absolute atomic E-state index is 13.2. The molecule has 0 aliphatic carbocycles.